The van der Waals surface area contributed by atoms with Crippen molar-refractivity contribution in [2.75, 3.05) is 0 Å². The normalized spacial score (nSPS) is 38.6. The Hall–Kier alpha value is -2.48. The van der Waals surface area contributed by atoms with Crippen molar-refractivity contribution in [2.24, 2.45) is 46.3 Å². The first kappa shape index (κ1) is 31.5. The van der Waals surface area contributed by atoms with Gasteiger partial charge in [0.2, 0.25) is 0 Å². The number of para-hydroxylation sites is 1. The van der Waals surface area contributed by atoms with Crippen LogP contribution in [0.3, 0.4) is 0 Å². The van der Waals surface area contributed by atoms with Crippen LogP contribution in [0.1, 0.15) is 97.9 Å². The van der Waals surface area contributed by atoms with Crippen LogP contribution in [0.5, 0.6) is 0 Å². The minimum Gasteiger partial charge on any atom is -0.463 e. The number of hydrogen-bond acceptors (Lipinski definition) is 8. The van der Waals surface area contributed by atoms with Crippen molar-refractivity contribution in [1.82, 2.24) is 4.98 Å². The number of benzene rings is 1. The summed E-state index contributed by atoms with van der Waals surface area (Å²) in [6.07, 6.45) is 7.88. The Morgan fingerprint density at radius 2 is 1.66 bits per heavy atom. The van der Waals surface area contributed by atoms with Gasteiger partial charge in [0.25, 0.3) is 0 Å². The van der Waals surface area contributed by atoms with Gasteiger partial charge in [-0.05, 0) is 105 Å². The van der Waals surface area contributed by atoms with Crippen LogP contribution < -0.4 is 0 Å². The molecular formula is C36H49NO6S. The lowest BCUT2D eigenvalue weighted by molar-refractivity contribution is -0.224. The third-order valence-corrected chi connectivity index (χ3v) is 13.6. The van der Waals surface area contributed by atoms with Gasteiger partial charge in [0.15, 0.2) is 0 Å². The van der Waals surface area contributed by atoms with Crippen LogP contribution in [-0.4, -0.2) is 41.2 Å². The quantitative estimate of drug-likeness (QED) is 0.232. The number of fused-ring (bicyclic) bond motifs is 6. The zero-order valence-electron chi connectivity index (χ0n) is 27.2. The molecule has 4 aliphatic carbocycles. The summed E-state index contributed by atoms with van der Waals surface area (Å²) in [4.78, 5) is 41.9. The largest absolute Gasteiger partial charge is 0.463 e. The molecule has 1 aromatic carbocycles. The molecule has 0 bridgehead atoms. The molecule has 4 aliphatic rings. The van der Waals surface area contributed by atoms with Crippen molar-refractivity contribution in [3.8, 4) is 0 Å². The van der Waals surface area contributed by atoms with Gasteiger partial charge >= 0.3 is 17.9 Å². The van der Waals surface area contributed by atoms with E-state index in [0.29, 0.717) is 17.8 Å². The average Bonchev–Trinajstić information content (AvgIpc) is 3.53. The van der Waals surface area contributed by atoms with Crippen molar-refractivity contribution in [2.45, 2.75) is 118 Å². The molecule has 11 atom stereocenters. The highest BCUT2D eigenvalue weighted by Gasteiger charge is 2.67. The predicted octanol–water partition coefficient (Wildman–Crippen LogP) is 7.54. The van der Waals surface area contributed by atoms with E-state index in [2.05, 4.69) is 39.0 Å². The number of nitrogens with zero attached hydrogens (tertiary/aromatic N) is 1. The molecule has 4 fully saturated rings. The summed E-state index contributed by atoms with van der Waals surface area (Å²) in [5.41, 5.74) is 0.883. The molecule has 1 heterocycles. The van der Waals surface area contributed by atoms with Crippen molar-refractivity contribution in [1.29, 1.82) is 0 Å². The summed E-state index contributed by atoms with van der Waals surface area (Å²) >= 11 is 1.79. The molecule has 0 N–H and O–H groups in total. The zero-order chi connectivity index (χ0) is 31.4. The Morgan fingerprint density at radius 1 is 0.932 bits per heavy atom. The highest BCUT2D eigenvalue weighted by Crippen LogP contribution is 2.69. The van der Waals surface area contributed by atoms with Crippen LogP contribution in [0.15, 0.2) is 24.3 Å². The number of rotatable bonds is 7. The maximum Gasteiger partial charge on any atom is 0.302 e. The lowest BCUT2D eigenvalue weighted by atomic mass is 9.43. The molecule has 1 aromatic heterocycles. The van der Waals surface area contributed by atoms with E-state index >= 15 is 0 Å². The summed E-state index contributed by atoms with van der Waals surface area (Å²) in [6, 6.07) is 8.34. The van der Waals surface area contributed by atoms with E-state index < -0.39 is 0 Å². The van der Waals surface area contributed by atoms with Crippen molar-refractivity contribution in [3.63, 3.8) is 0 Å². The van der Waals surface area contributed by atoms with Gasteiger partial charge in [0.1, 0.15) is 18.3 Å². The number of hydrogen-bond donors (Lipinski definition) is 0. The fourth-order valence-electron chi connectivity index (χ4n) is 10.7. The lowest BCUT2D eigenvalue weighted by Gasteiger charge is -2.64. The maximum atomic E-state index is 12.6. The molecule has 4 saturated carbocycles. The SMILES string of the molecule is CC(=O)O[C@@H]1CC[C@@]2(C)C(C1)C[C@@H](OC(C)=O)[C@H]1[C@@H]3CC[C@H]([C@H](C)CCc4nc5ccccc5s4)[C@@]3(C)[C@@H](OC(C)=O)C[C@@H]12. The smallest absolute Gasteiger partial charge is 0.302 e. The van der Waals surface area contributed by atoms with E-state index in [4.69, 9.17) is 19.2 Å². The van der Waals surface area contributed by atoms with E-state index in [1.54, 1.807) is 18.3 Å². The summed E-state index contributed by atoms with van der Waals surface area (Å²) in [5.74, 6) is 1.22. The Morgan fingerprint density at radius 3 is 2.36 bits per heavy atom. The first-order chi connectivity index (χ1) is 20.9. The number of thiazole rings is 1. The number of esters is 3. The second kappa shape index (κ2) is 12.0. The first-order valence-electron chi connectivity index (χ1n) is 16.8. The molecule has 0 radical (unpaired) electrons. The number of carbonyl (C=O) groups excluding carboxylic acids is 3. The van der Waals surface area contributed by atoms with Crippen LogP contribution in [-0.2, 0) is 35.0 Å². The molecule has 7 nitrogen and oxygen atoms in total. The summed E-state index contributed by atoms with van der Waals surface area (Å²) < 4.78 is 19.5. The molecule has 2 aromatic rings. The zero-order valence-corrected chi connectivity index (χ0v) is 28.0. The molecule has 0 saturated heterocycles. The Labute approximate surface area is 265 Å². The van der Waals surface area contributed by atoms with Gasteiger partial charge in [-0.25, -0.2) is 4.98 Å². The van der Waals surface area contributed by atoms with E-state index in [0.717, 1.165) is 63.3 Å². The van der Waals surface area contributed by atoms with Gasteiger partial charge in [-0.1, -0.05) is 32.9 Å². The lowest BCUT2D eigenvalue weighted by Crippen LogP contribution is -2.63. The monoisotopic (exact) mass is 623 g/mol. The summed E-state index contributed by atoms with van der Waals surface area (Å²) in [5, 5.41) is 1.18. The number of aryl methyl sites for hydroxylation is 1. The summed E-state index contributed by atoms with van der Waals surface area (Å²) in [6.45, 7) is 11.7. The molecule has 6 rings (SSSR count). The third-order valence-electron chi connectivity index (χ3n) is 12.6. The predicted molar refractivity (Wildman–Crippen MR) is 170 cm³/mol. The topological polar surface area (TPSA) is 91.8 Å². The van der Waals surface area contributed by atoms with E-state index in [1.807, 2.05) is 6.07 Å². The molecule has 0 amide bonds. The van der Waals surface area contributed by atoms with Crippen LogP contribution in [0, 0.1) is 46.3 Å². The Bertz CT molecular complexity index is 1370. The van der Waals surface area contributed by atoms with E-state index in [9.17, 15) is 14.4 Å². The molecule has 44 heavy (non-hydrogen) atoms. The van der Waals surface area contributed by atoms with Crippen molar-refractivity contribution in [3.05, 3.63) is 29.3 Å². The van der Waals surface area contributed by atoms with Crippen molar-refractivity contribution < 1.29 is 28.6 Å². The molecule has 8 heteroatoms. The Balaban J connectivity index is 1.29. The number of ether oxygens (including phenoxy) is 3. The molecular weight excluding hydrogens is 574 g/mol. The highest BCUT2D eigenvalue weighted by molar-refractivity contribution is 7.18. The average molecular weight is 624 g/mol. The fraction of sp³-hybridized carbons (Fsp3) is 0.722. The number of aromatic nitrogens is 1. The van der Waals surface area contributed by atoms with Crippen LogP contribution in [0.4, 0.5) is 0 Å². The van der Waals surface area contributed by atoms with Crippen LogP contribution in [0.25, 0.3) is 10.2 Å². The van der Waals surface area contributed by atoms with Crippen LogP contribution in [0.2, 0.25) is 0 Å². The molecule has 0 aliphatic heterocycles. The van der Waals surface area contributed by atoms with Gasteiger partial charge in [-0.15, -0.1) is 11.3 Å². The third kappa shape index (κ3) is 5.58. The highest BCUT2D eigenvalue weighted by atomic mass is 32.1. The molecule has 240 valence electrons. The van der Waals surface area contributed by atoms with E-state index in [-0.39, 0.29) is 64.8 Å². The first-order valence-corrected chi connectivity index (χ1v) is 17.6. The van der Waals surface area contributed by atoms with E-state index in [1.165, 1.54) is 23.6 Å². The minimum absolute atomic E-state index is 0.00818. The standard InChI is InChI=1S/C36H49NO6S/c1-20(11-14-33-37-29-9-7-8-10-31(29)44-33)26-12-13-27-34-28(19-32(36(26,27)6)43-23(4)40)35(5)16-15-25(41-21(2)38)17-24(35)18-30(34)42-22(3)39/h7-10,20,24-28,30,32,34H,11-19H2,1-6H3/t20-,24?,25-,26-,27+,28+,30-,32+,34+,35+,36-/m1/s1. The second-order valence-electron chi connectivity index (χ2n) is 14.9. The minimum atomic E-state index is -0.235. The Kier molecular flexibility index (Phi) is 8.61. The molecule has 0 spiro atoms. The van der Waals surface area contributed by atoms with Gasteiger partial charge in [-0.2, -0.15) is 0 Å². The number of carbonyl (C=O) groups is 3. The van der Waals surface area contributed by atoms with Crippen LogP contribution >= 0.6 is 11.3 Å². The maximum absolute atomic E-state index is 12.6. The fourth-order valence-corrected chi connectivity index (χ4v) is 11.7. The summed E-state index contributed by atoms with van der Waals surface area (Å²) in [7, 11) is 0. The van der Waals surface area contributed by atoms with Crippen molar-refractivity contribution >= 4 is 39.5 Å². The second-order valence-corrected chi connectivity index (χ2v) is 16.0. The van der Waals surface area contributed by atoms with Gasteiger partial charge in [0.05, 0.1) is 15.2 Å². The van der Waals surface area contributed by atoms with Gasteiger partial charge in [0, 0.05) is 32.1 Å². The van der Waals surface area contributed by atoms with Gasteiger partial charge in [-0.3, -0.25) is 14.4 Å². The van der Waals surface area contributed by atoms with Gasteiger partial charge < -0.3 is 14.2 Å². The molecule has 1 unspecified atom stereocenters.